The van der Waals surface area contributed by atoms with E-state index < -0.39 is 4.92 Å². The predicted octanol–water partition coefficient (Wildman–Crippen LogP) is 0.762. The molecule has 94 valence electrons. The van der Waals surface area contributed by atoms with Crippen molar-refractivity contribution in [1.29, 1.82) is 0 Å². The molecule has 0 amide bonds. The quantitative estimate of drug-likeness (QED) is 0.643. The van der Waals surface area contributed by atoms with E-state index in [0.29, 0.717) is 5.16 Å². The van der Waals surface area contributed by atoms with Gasteiger partial charge in [0.25, 0.3) is 5.69 Å². The van der Waals surface area contributed by atoms with Crippen LogP contribution in [0.2, 0.25) is 0 Å². The second-order valence-electron chi connectivity index (χ2n) is 3.39. The van der Waals surface area contributed by atoms with Gasteiger partial charge in [-0.2, -0.15) is 0 Å². The molecule has 2 rings (SSSR count). The number of nitrogens with zero attached hydrogens (tertiary/aromatic N) is 5. The Kier molecular flexibility index (Phi) is 3.53. The monoisotopic (exact) mass is 267 g/mol. The summed E-state index contributed by atoms with van der Waals surface area (Å²) >= 11 is 1.26. The Bertz CT molecular complexity index is 585. The fraction of sp³-hybridized carbons (Fsp3) is 0.222. The molecule has 0 unspecified atom stereocenters. The lowest BCUT2D eigenvalue weighted by Gasteiger charge is -2.03. The van der Waals surface area contributed by atoms with Gasteiger partial charge in [0, 0.05) is 18.0 Å². The molecule has 0 spiro atoms. The fourth-order valence-electron chi connectivity index (χ4n) is 1.34. The van der Waals surface area contributed by atoms with E-state index in [9.17, 15) is 10.1 Å². The Labute approximate surface area is 106 Å². The van der Waals surface area contributed by atoms with Gasteiger partial charge in [0.2, 0.25) is 5.16 Å². The largest absolute Gasteiger partial charge is 0.391 e. The van der Waals surface area contributed by atoms with Gasteiger partial charge in [-0.1, -0.05) is 0 Å². The highest BCUT2D eigenvalue weighted by Crippen LogP contribution is 2.29. The Balaban J connectivity index is 2.30. The van der Waals surface area contributed by atoms with Crippen LogP contribution in [0, 0.1) is 10.1 Å². The van der Waals surface area contributed by atoms with Crippen LogP contribution in [0.4, 0.5) is 5.69 Å². The third kappa shape index (κ3) is 2.46. The van der Waals surface area contributed by atoms with Crippen LogP contribution in [0.15, 0.2) is 28.3 Å². The number of aromatic nitrogens is 4. The number of hydrogen-bond donors (Lipinski definition) is 1. The zero-order valence-electron chi connectivity index (χ0n) is 9.35. The maximum Gasteiger partial charge on any atom is 0.274 e. The molecule has 1 aromatic carbocycles. The lowest BCUT2D eigenvalue weighted by atomic mass is 10.2. The number of rotatable bonds is 4. The maximum absolute atomic E-state index is 10.7. The van der Waals surface area contributed by atoms with E-state index in [2.05, 4.69) is 15.5 Å². The molecule has 0 aliphatic rings. The van der Waals surface area contributed by atoms with Crippen molar-refractivity contribution in [2.24, 2.45) is 7.05 Å². The van der Waals surface area contributed by atoms with Crippen LogP contribution in [-0.4, -0.2) is 30.2 Å². The standard InChI is InChI=1S/C9H9N5O3S/c1-13-9(10-11-12-13)18-7-2-3-8(14(16)17)6(4-7)5-15/h2-4,15H,5H2,1H3. The second kappa shape index (κ2) is 5.10. The lowest BCUT2D eigenvalue weighted by Crippen LogP contribution is -1.96. The molecule has 0 radical (unpaired) electrons. The average molecular weight is 267 g/mol. The van der Waals surface area contributed by atoms with Gasteiger partial charge in [-0.25, -0.2) is 4.68 Å². The van der Waals surface area contributed by atoms with Crippen molar-refractivity contribution in [2.75, 3.05) is 0 Å². The van der Waals surface area contributed by atoms with Crippen LogP contribution >= 0.6 is 11.8 Å². The molecule has 0 aliphatic heterocycles. The molecule has 1 heterocycles. The van der Waals surface area contributed by atoms with E-state index >= 15 is 0 Å². The molecule has 0 atom stereocenters. The summed E-state index contributed by atoms with van der Waals surface area (Å²) in [6.45, 7) is -0.387. The van der Waals surface area contributed by atoms with Crippen molar-refractivity contribution in [2.45, 2.75) is 16.7 Å². The first-order valence-electron chi connectivity index (χ1n) is 4.90. The summed E-state index contributed by atoms with van der Waals surface area (Å²) < 4.78 is 1.49. The van der Waals surface area contributed by atoms with Gasteiger partial charge in [0.05, 0.1) is 17.1 Å². The van der Waals surface area contributed by atoms with E-state index in [0.717, 1.165) is 4.90 Å². The van der Waals surface area contributed by atoms with E-state index in [4.69, 9.17) is 5.11 Å². The van der Waals surface area contributed by atoms with E-state index in [1.165, 1.54) is 22.5 Å². The minimum Gasteiger partial charge on any atom is -0.391 e. The van der Waals surface area contributed by atoms with Crippen LogP contribution in [0.3, 0.4) is 0 Å². The van der Waals surface area contributed by atoms with Crippen LogP contribution in [0.5, 0.6) is 0 Å². The Hall–Kier alpha value is -2.00. The predicted molar refractivity (Wildman–Crippen MR) is 61.9 cm³/mol. The molecule has 0 saturated heterocycles. The van der Waals surface area contributed by atoms with Crippen LogP contribution in [0.25, 0.3) is 0 Å². The molecule has 8 nitrogen and oxygen atoms in total. The first kappa shape index (κ1) is 12.5. The highest BCUT2D eigenvalue weighted by Gasteiger charge is 2.14. The highest BCUT2D eigenvalue weighted by atomic mass is 32.2. The minimum atomic E-state index is -0.524. The third-order valence-corrected chi connectivity index (χ3v) is 3.23. The van der Waals surface area contributed by atoms with Gasteiger partial charge < -0.3 is 5.11 Å². The Morgan fingerprint density at radius 3 is 2.89 bits per heavy atom. The van der Waals surface area contributed by atoms with Crippen molar-refractivity contribution < 1.29 is 10.0 Å². The molecule has 0 fully saturated rings. The van der Waals surface area contributed by atoms with Crippen LogP contribution in [0.1, 0.15) is 5.56 Å². The number of hydrogen-bond acceptors (Lipinski definition) is 7. The summed E-state index contributed by atoms with van der Waals surface area (Å²) in [5, 5.41) is 31.4. The van der Waals surface area contributed by atoms with Crippen LogP contribution in [-0.2, 0) is 13.7 Å². The molecule has 9 heteroatoms. The van der Waals surface area contributed by atoms with E-state index in [1.54, 1.807) is 19.2 Å². The fourth-order valence-corrected chi connectivity index (χ4v) is 2.14. The summed E-state index contributed by atoms with van der Waals surface area (Å²) in [5.74, 6) is 0. The molecule has 0 aliphatic carbocycles. The molecular formula is C9H9N5O3S. The van der Waals surface area contributed by atoms with E-state index in [1.807, 2.05) is 0 Å². The summed E-state index contributed by atoms with van der Waals surface area (Å²) in [5.41, 5.74) is 0.165. The second-order valence-corrected chi connectivity index (χ2v) is 4.43. The zero-order valence-corrected chi connectivity index (χ0v) is 10.2. The van der Waals surface area contributed by atoms with Gasteiger partial charge in [-0.15, -0.1) is 5.10 Å². The Morgan fingerprint density at radius 1 is 1.56 bits per heavy atom. The SMILES string of the molecule is Cn1nnnc1Sc1ccc([N+](=O)[O-])c(CO)c1. The van der Waals surface area contributed by atoms with Gasteiger partial charge in [-0.3, -0.25) is 10.1 Å². The van der Waals surface area contributed by atoms with Gasteiger partial charge in [-0.05, 0) is 34.3 Å². The van der Waals surface area contributed by atoms with Crippen molar-refractivity contribution in [1.82, 2.24) is 20.2 Å². The number of aliphatic hydroxyl groups is 1. The number of benzene rings is 1. The topological polar surface area (TPSA) is 107 Å². The Morgan fingerprint density at radius 2 is 2.33 bits per heavy atom. The summed E-state index contributed by atoms with van der Waals surface area (Å²) in [6, 6.07) is 4.51. The maximum atomic E-state index is 10.7. The minimum absolute atomic E-state index is 0.0991. The molecule has 0 bridgehead atoms. The summed E-state index contributed by atoms with van der Waals surface area (Å²) in [4.78, 5) is 10.9. The number of aryl methyl sites for hydroxylation is 1. The molecule has 18 heavy (non-hydrogen) atoms. The third-order valence-electron chi connectivity index (χ3n) is 2.21. The first-order valence-corrected chi connectivity index (χ1v) is 5.72. The lowest BCUT2D eigenvalue weighted by molar-refractivity contribution is -0.385. The van der Waals surface area contributed by atoms with Crippen molar-refractivity contribution in [3.05, 3.63) is 33.9 Å². The van der Waals surface area contributed by atoms with Crippen molar-refractivity contribution >= 4 is 17.4 Å². The molecule has 1 N–H and O–H groups in total. The van der Waals surface area contributed by atoms with Crippen molar-refractivity contribution in [3.63, 3.8) is 0 Å². The molecular weight excluding hydrogens is 258 g/mol. The van der Waals surface area contributed by atoms with Crippen LogP contribution < -0.4 is 0 Å². The smallest absolute Gasteiger partial charge is 0.274 e. The summed E-state index contributed by atoms with van der Waals surface area (Å²) in [7, 11) is 1.70. The average Bonchev–Trinajstić information content (AvgIpc) is 2.74. The number of aliphatic hydroxyl groups excluding tert-OH is 1. The van der Waals surface area contributed by atoms with Gasteiger partial charge in [0.15, 0.2) is 0 Å². The van der Waals surface area contributed by atoms with Gasteiger partial charge >= 0.3 is 0 Å². The zero-order chi connectivity index (χ0) is 13.1. The number of nitro benzene ring substituents is 1. The highest BCUT2D eigenvalue weighted by molar-refractivity contribution is 7.99. The summed E-state index contributed by atoms with van der Waals surface area (Å²) in [6.07, 6.45) is 0. The van der Waals surface area contributed by atoms with Crippen molar-refractivity contribution in [3.8, 4) is 0 Å². The number of nitro groups is 1. The molecule has 2 aromatic rings. The first-order chi connectivity index (χ1) is 8.61. The van der Waals surface area contributed by atoms with E-state index in [-0.39, 0.29) is 17.9 Å². The molecule has 1 aromatic heterocycles. The van der Waals surface area contributed by atoms with Gasteiger partial charge in [0.1, 0.15) is 0 Å². The molecule has 0 saturated carbocycles. The number of tetrazole rings is 1. The normalized spacial score (nSPS) is 10.6.